The van der Waals surface area contributed by atoms with Crippen LogP contribution < -0.4 is 0 Å². The molecule has 0 radical (unpaired) electrons. The van der Waals surface area contributed by atoms with Crippen LogP contribution >= 0.6 is 0 Å². The molecule has 1 aliphatic heterocycles. The number of rotatable bonds is 0. The number of aryl methyl sites for hydroxylation is 1. The first-order chi connectivity index (χ1) is 6.75. The van der Waals surface area contributed by atoms with E-state index in [4.69, 9.17) is 0 Å². The molecular formula is C10H13N3O. The predicted octanol–water partition coefficient (Wildman–Crippen LogP) is 1.64. The molecule has 1 aromatic heterocycles. The van der Waals surface area contributed by atoms with E-state index >= 15 is 0 Å². The Morgan fingerprint density at radius 3 is 2.79 bits per heavy atom. The summed E-state index contributed by atoms with van der Waals surface area (Å²) in [7, 11) is 0. The Bertz CT molecular complexity index is 372. The Balaban J connectivity index is 0.000000461. The van der Waals surface area contributed by atoms with Crippen molar-refractivity contribution in [2.75, 3.05) is 0 Å². The number of carbonyl (C=O) groups is 1. The van der Waals surface area contributed by atoms with E-state index in [0.717, 1.165) is 5.69 Å². The van der Waals surface area contributed by atoms with Crippen LogP contribution in [-0.2, 0) is 11.2 Å². The van der Waals surface area contributed by atoms with E-state index in [-0.39, 0.29) is 5.78 Å². The zero-order valence-electron chi connectivity index (χ0n) is 8.61. The van der Waals surface area contributed by atoms with E-state index in [1.165, 1.54) is 6.21 Å². The minimum Gasteiger partial charge on any atom is -0.293 e. The summed E-state index contributed by atoms with van der Waals surface area (Å²) in [5.41, 5.74) is 1.44. The molecule has 2 heterocycles. The van der Waals surface area contributed by atoms with Crippen molar-refractivity contribution in [2.45, 2.75) is 27.2 Å². The lowest BCUT2D eigenvalue weighted by molar-refractivity contribution is -0.112. The highest BCUT2D eigenvalue weighted by Gasteiger charge is 2.12. The number of aliphatic imine (C=N–C) groups is 1. The summed E-state index contributed by atoms with van der Waals surface area (Å²) in [6.45, 7) is 5.79. The van der Waals surface area contributed by atoms with Gasteiger partial charge < -0.3 is 0 Å². The fourth-order valence-electron chi connectivity index (χ4n) is 1.10. The van der Waals surface area contributed by atoms with Crippen molar-refractivity contribution < 1.29 is 4.79 Å². The fourth-order valence-corrected chi connectivity index (χ4v) is 1.10. The van der Waals surface area contributed by atoms with Gasteiger partial charge in [-0.15, -0.1) is 0 Å². The molecular weight excluding hydrogens is 178 g/mol. The molecule has 4 nitrogen and oxygen atoms in total. The van der Waals surface area contributed by atoms with Gasteiger partial charge in [0, 0.05) is 0 Å². The molecule has 4 heteroatoms. The molecule has 2 rings (SSSR count). The Hall–Kier alpha value is -1.58. The summed E-state index contributed by atoms with van der Waals surface area (Å²) < 4.78 is 0. The van der Waals surface area contributed by atoms with Gasteiger partial charge in [-0.3, -0.25) is 4.79 Å². The largest absolute Gasteiger partial charge is 0.293 e. The summed E-state index contributed by atoms with van der Waals surface area (Å²) in [5, 5.41) is 0. The van der Waals surface area contributed by atoms with E-state index in [9.17, 15) is 4.79 Å². The molecule has 0 saturated carbocycles. The van der Waals surface area contributed by atoms with E-state index in [1.807, 2.05) is 13.8 Å². The molecule has 1 aromatic rings. The smallest absolute Gasteiger partial charge is 0.179 e. The van der Waals surface area contributed by atoms with Crippen LogP contribution in [0.1, 0.15) is 25.4 Å². The van der Waals surface area contributed by atoms with Gasteiger partial charge in [0.1, 0.15) is 11.5 Å². The zero-order chi connectivity index (χ0) is 10.6. The first kappa shape index (κ1) is 10.5. The van der Waals surface area contributed by atoms with Crippen LogP contribution in [0, 0.1) is 6.92 Å². The van der Waals surface area contributed by atoms with Gasteiger partial charge in [-0.2, -0.15) is 0 Å². The number of ketones is 1. The summed E-state index contributed by atoms with van der Waals surface area (Å²) >= 11 is 0. The van der Waals surface area contributed by atoms with Crippen LogP contribution in [0.2, 0.25) is 0 Å². The average molecular weight is 191 g/mol. The van der Waals surface area contributed by atoms with Crippen molar-refractivity contribution in [3.63, 3.8) is 0 Å². The third-order valence-electron chi connectivity index (χ3n) is 1.66. The summed E-state index contributed by atoms with van der Waals surface area (Å²) in [6, 6.07) is 0. The molecule has 0 saturated heterocycles. The number of hydrogen-bond acceptors (Lipinski definition) is 4. The molecule has 0 unspecified atom stereocenters. The van der Waals surface area contributed by atoms with Crippen molar-refractivity contribution in [3.05, 3.63) is 17.7 Å². The first-order valence-electron chi connectivity index (χ1n) is 4.65. The second-order valence-electron chi connectivity index (χ2n) is 2.65. The van der Waals surface area contributed by atoms with Crippen LogP contribution in [0.3, 0.4) is 0 Å². The van der Waals surface area contributed by atoms with Crippen LogP contribution in [-0.4, -0.2) is 22.0 Å². The molecule has 1 aliphatic rings. The van der Waals surface area contributed by atoms with Gasteiger partial charge in [0.2, 0.25) is 0 Å². The zero-order valence-corrected chi connectivity index (χ0v) is 8.61. The maximum atomic E-state index is 10.9. The fraction of sp³-hybridized carbons (Fsp3) is 0.400. The standard InChI is InChI=1S/C8H7N3O.C2H6/c1-5-9-4-8-7(11-5)2-6(12)3-10-8;1-2/h3-4H,2H2,1H3;1-2H3. The molecule has 0 aromatic carbocycles. The number of hydrogen-bond donors (Lipinski definition) is 0. The van der Waals surface area contributed by atoms with Gasteiger partial charge in [-0.1, -0.05) is 13.8 Å². The van der Waals surface area contributed by atoms with Crippen molar-refractivity contribution in [2.24, 2.45) is 4.99 Å². The molecule has 74 valence electrons. The predicted molar refractivity (Wildman–Crippen MR) is 55.0 cm³/mol. The highest BCUT2D eigenvalue weighted by atomic mass is 16.1. The maximum absolute atomic E-state index is 10.9. The van der Waals surface area contributed by atoms with Crippen molar-refractivity contribution in [3.8, 4) is 0 Å². The number of aromatic nitrogens is 2. The van der Waals surface area contributed by atoms with Gasteiger partial charge >= 0.3 is 0 Å². The highest BCUT2D eigenvalue weighted by molar-refractivity contribution is 6.29. The van der Waals surface area contributed by atoms with E-state index in [2.05, 4.69) is 15.0 Å². The Morgan fingerprint density at radius 1 is 1.36 bits per heavy atom. The number of carbonyl (C=O) groups excluding carboxylic acids is 1. The van der Waals surface area contributed by atoms with Gasteiger partial charge in [-0.05, 0) is 6.92 Å². The van der Waals surface area contributed by atoms with Gasteiger partial charge in [0.05, 0.1) is 24.5 Å². The lowest BCUT2D eigenvalue weighted by atomic mass is 10.1. The highest BCUT2D eigenvalue weighted by Crippen LogP contribution is 2.18. The molecule has 0 bridgehead atoms. The van der Waals surface area contributed by atoms with Gasteiger partial charge in [0.15, 0.2) is 5.78 Å². The van der Waals surface area contributed by atoms with Crippen LogP contribution in [0.15, 0.2) is 11.2 Å². The average Bonchev–Trinajstić information content (AvgIpc) is 2.20. The SMILES string of the molecule is CC.Cc1ncc2c(n1)CC(=O)C=N2. The van der Waals surface area contributed by atoms with Crippen LogP contribution in [0.25, 0.3) is 0 Å². The minimum atomic E-state index is 0.000556. The summed E-state index contributed by atoms with van der Waals surface area (Å²) in [6.07, 6.45) is 3.31. The second kappa shape index (κ2) is 4.60. The van der Waals surface area contributed by atoms with Crippen LogP contribution in [0.4, 0.5) is 5.69 Å². The van der Waals surface area contributed by atoms with Crippen molar-refractivity contribution in [1.29, 1.82) is 0 Å². The molecule has 0 fully saturated rings. The van der Waals surface area contributed by atoms with E-state index in [1.54, 1.807) is 13.1 Å². The Kier molecular flexibility index (Phi) is 3.45. The topological polar surface area (TPSA) is 55.2 Å². The Morgan fingerprint density at radius 2 is 2.07 bits per heavy atom. The molecule has 14 heavy (non-hydrogen) atoms. The summed E-state index contributed by atoms with van der Waals surface area (Å²) in [4.78, 5) is 22.9. The van der Waals surface area contributed by atoms with Crippen LogP contribution in [0.5, 0.6) is 0 Å². The molecule has 0 spiro atoms. The monoisotopic (exact) mass is 191 g/mol. The quantitative estimate of drug-likeness (QED) is 0.626. The van der Waals surface area contributed by atoms with E-state index < -0.39 is 0 Å². The van der Waals surface area contributed by atoms with Crippen molar-refractivity contribution >= 4 is 17.7 Å². The Labute approximate surface area is 83.1 Å². The number of fused-ring (bicyclic) bond motifs is 1. The van der Waals surface area contributed by atoms with Gasteiger partial charge in [0.25, 0.3) is 0 Å². The molecule has 0 N–H and O–H groups in total. The normalized spacial score (nSPS) is 12.9. The minimum absolute atomic E-state index is 0.000556. The number of Topliss-reactive ketones (excluding diaryl/α,β-unsaturated/α-hetero) is 1. The lowest BCUT2D eigenvalue weighted by Gasteiger charge is -2.06. The third-order valence-corrected chi connectivity index (χ3v) is 1.66. The summed E-state index contributed by atoms with van der Waals surface area (Å²) in [5.74, 6) is 0.680. The number of nitrogens with zero attached hydrogens (tertiary/aromatic N) is 3. The van der Waals surface area contributed by atoms with E-state index in [0.29, 0.717) is 17.9 Å². The van der Waals surface area contributed by atoms with Crippen molar-refractivity contribution in [1.82, 2.24) is 9.97 Å². The molecule has 0 amide bonds. The third kappa shape index (κ3) is 2.22. The molecule has 0 aliphatic carbocycles. The first-order valence-corrected chi connectivity index (χ1v) is 4.65. The van der Waals surface area contributed by atoms with Gasteiger partial charge in [-0.25, -0.2) is 15.0 Å². The maximum Gasteiger partial charge on any atom is 0.179 e. The molecule has 0 atom stereocenters. The second-order valence-corrected chi connectivity index (χ2v) is 2.65. The lowest BCUT2D eigenvalue weighted by Crippen LogP contribution is -2.10.